The van der Waals surface area contributed by atoms with E-state index >= 15 is 0 Å². The summed E-state index contributed by atoms with van der Waals surface area (Å²) < 4.78 is 46.6. The highest BCUT2D eigenvalue weighted by molar-refractivity contribution is 5.94. The molecule has 1 atom stereocenters. The van der Waals surface area contributed by atoms with Crippen molar-refractivity contribution in [2.75, 3.05) is 26.8 Å². The number of aromatic nitrogens is 1. The fraction of sp³-hybridized carbons (Fsp3) is 0.520. The van der Waals surface area contributed by atoms with E-state index in [-0.39, 0.29) is 54.8 Å². The zero-order valence-corrected chi connectivity index (χ0v) is 21.0. The Morgan fingerprint density at radius 3 is 2.61 bits per heavy atom. The molecule has 2 aliphatic rings. The van der Waals surface area contributed by atoms with Crippen molar-refractivity contribution in [1.29, 1.82) is 5.26 Å². The number of oxazole rings is 1. The molecule has 2 fully saturated rings. The van der Waals surface area contributed by atoms with E-state index < -0.39 is 30.2 Å². The zero-order chi connectivity index (χ0) is 27.4. The number of hydrogen-bond acceptors (Lipinski definition) is 9. The molecular weight excluding hydrogens is 504 g/mol. The first kappa shape index (κ1) is 27.1. The van der Waals surface area contributed by atoms with Gasteiger partial charge in [-0.05, 0) is 43.9 Å². The number of piperidine rings is 1. The quantitative estimate of drug-likeness (QED) is 0.492. The summed E-state index contributed by atoms with van der Waals surface area (Å²) in [6, 6.07) is 5.66. The lowest BCUT2D eigenvalue weighted by Gasteiger charge is -2.36. The normalized spacial score (nSPS) is 17.4. The van der Waals surface area contributed by atoms with Gasteiger partial charge in [0.1, 0.15) is 5.54 Å². The average Bonchev–Trinajstić information content (AvgIpc) is 3.62. The molecule has 38 heavy (non-hydrogen) atoms. The maximum atomic E-state index is 13.3. The van der Waals surface area contributed by atoms with Gasteiger partial charge in [0, 0.05) is 31.5 Å². The number of hydrogen-bond donors (Lipinski definition) is 2. The molecule has 2 amide bonds. The van der Waals surface area contributed by atoms with E-state index in [1.54, 1.807) is 6.92 Å². The number of amides is 2. The first-order chi connectivity index (χ1) is 18.1. The van der Waals surface area contributed by atoms with Gasteiger partial charge in [0.15, 0.2) is 23.0 Å². The maximum Gasteiger partial charge on any atom is 0.409 e. The van der Waals surface area contributed by atoms with Crippen molar-refractivity contribution in [1.82, 2.24) is 15.2 Å². The average molecular weight is 534 g/mol. The largest absolute Gasteiger partial charge is 0.489 e. The second-order valence-electron chi connectivity index (χ2n) is 9.42. The van der Waals surface area contributed by atoms with Crippen LogP contribution in [0.1, 0.15) is 54.9 Å². The molecule has 1 aromatic carbocycles. The molecule has 11 nitrogen and oxygen atoms in total. The van der Waals surface area contributed by atoms with Gasteiger partial charge in [-0.25, -0.2) is 9.78 Å². The van der Waals surface area contributed by atoms with Crippen LogP contribution in [0.25, 0.3) is 11.5 Å². The Morgan fingerprint density at radius 2 is 2.03 bits per heavy atom. The Bertz CT molecular complexity index is 1220. The Labute approximate surface area is 217 Å². The third-order valence-corrected chi connectivity index (χ3v) is 6.48. The van der Waals surface area contributed by atoms with Gasteiger partial charge in [0.05, 0.1) is 25.8 Å². The van der Waals surface area contributed by atoms with Crippen LogP contribution in [-0.2, 0) is 4.74 Å². The Balaban J connectivity index is 1.57. The Hall–Kier alpha value is -3.92. The summed E-state index contributed by atoms with van der Waals surface area (Å²) >= 11 is 0. The number of rotatable bonds is 9. The molecule has 1 aliphatic carbocycles. The molecule has 3 N–H and O–H groups in total. The van der Waals surface area contributed by atoms with E-state index in [0.717, 1.165) is 12.8 Å². The SMILES string of the molecule is COC(=O)N1CCC(C#N)(NC(=O)c2nc(-c3ccc(OC(F)F)c(OCC4CC4)c3)oc2C(C)N)CC1. The fourth-order valence-electron chi connectivity index (χ4n) is 4.11. The van der Waals surface area contributed by atoms with E-state index in [0.29, 0.717) is 18.1 Å². The zero-order valence-electron chi connectivity index (χ0n) is 21.0. The monoisotopic (exact) mass is 533 g/mol. The molecule has 1 aliphatic heterocycles. The number of benzene rings is 1. The highest BCUT2D eigenvalue weighted by Crippen LogP contribution is 2.37. The highest BCUT2D eigenvalue weighted by atomic mass is 19.3. The van der Waals surface area contributed by atoms with Crippen LogP contribution >= 0.6 is 0 Å². The minimum atomic E-state index is -3.03. The maximum absolute atomic E-state index is 13.3. The smallest absolute Gasteiger partial charge is 0.409 e. The molecular formula is C25H29F2N5O6. The molecule has 1 saturated heterocycles. The molecule has 0 spiro atoms. The summed E-state index contributed by atoms with van der Waals surface area (Å²) in [5.41, 5.74) is 5.07. The van der Waals surface area contributed by atoms with Crippen LogP contribution in [0.5, 0.6) is 11.5 Å². The van der Waals surface area contributed by atoms with Crippen LogP contribution in [0.15, 0.2) is 22.6 Å². The molecule has 4 rings (SSSR count). The second kappa shape index (κ2) is 11.2. The molecule has 0 bridgehead atoms. The van der Waals surface area contributed by atoms with Gasteiger partial charge in [-0.2, -0.15) is 14.0 Å². The number of nitrogens with two attached hydrogens (primary N) is 1. The van der Waals surface area contributed by atoms with Crippen molar-refractivity contribution < 1.29 is 37.0 Å². The fourth-order valence-corrected chi connectivity index (χ4v) is 4.11. The number of carbonyl (C=O) groups excluding carboxylic acids is 2. The first-order valence-corrected chi connectivity index (χ1v) is 12.2. The number of likely N-dealkylation sites (tertiary alicyclic amines) is 1. The third kappa shape index (κ3) is 6.13. The number of nitrogens with zero attached hydrogens (tertiary/aromatic N) is 3. The van der Waals surface area contributed by atoms with Crippen LogP contribution in [0, 0.1) is 17.2 Å². The van der Waals surface area contributed by atoms with E-state index in [1.165, 1.54) is 30.2 Å². The molecule has 2 heterocycles. The van der Waals surface area contributed by atoms with Gasteiger partial charge in [0.2, 0.25) is 5.89 Å². The second-order valence-corrected chi connectivity index (χ2v) is 9.42. The van der Waals surface area contributed by atoms with Crippen molar-refractivity contribution in [2.24, 2.45) is 11.7 Å². The van der Waals surface area contributed by atoms with E-state index in [1.807, 2.05) is 0 Å². The molecule has 1 aromatic heterocycles. The van der Waals surface area contributed by atoms with Crippen LogP contribution in [0.2, 0.25) is 0 Å². The number of nitrogens with one attached hydrogen (secondary N) is 1. The van der Waals surface area contributed by atoms with Crippen LogP contribution < -0.4 is 20.5 Å². The van der Waals surface area contributed by atoms with Crippen molar-refractivity contribution >= 4 is 12.0 Å². The number of carbonyl (C=O) groups is 2. The minimum absolute atomic E-state index is 0.0221. The molecule has 1 saturated carbocycles. The topological polar surface area (TPSA) is 153 Å². The van der Waals surface area contributed by atoms with Crippen molar-refractivity contribution in [3.63, 3.8) is 0 Å². The molecule has 1 unspecified atom stereocenters. The number of nitriles is 1. The predicted octanol–water partition coefficient (Wildman–Crippen LogP) is 3.61. The summed E-state index contributed by atoms with van der Waals surface area (Å²) in [4.78, 5) is 30.8. The highest BCUT2D eigenvalue weighted by Gasteiger charge is 2.39. The molecule has 0 radical (unpaired) electrons. The van der Waals surface area contributed by atoms with Crippen molar-refractivity contribution in [3.05, 3.63) is 29.7 Å². The lowest BCUT2D eigenvalue weighted by atomic mass is 9.89. The molecule has 2 aromatic rings. The van der Waals surface area contributed by atoms with Gasteiger partial charge < -0.3 is 34.6 Å². The van der Waals surface area contributed by atoms with Gasteiger partial charge in [0.25, 0.3) is 5.91 Å². The number of methoxy groups -OCH3 is 1. The van der Waals surface area contributed by atoms with Gasteiger partial charge in [-0.15, -0.1) is 0 Å². The standard InChI is InChI=1S/C25H29F2N5O6/c1-14(29)20-19(21(33)31-25(13-28)7-9-32(10-8-25)24(34)35-2)30-22(38-20)16-5-6-17(37-23(26)27)18(11-16)36-12-15-3-4-15/h5-6,11,14-15,23H,3-4,7-10,12,29H2,1-2H3,(H,31,33). The Morgan fingerprint density at radius 1 is 1.32 bits per heavy atom. The first-order valence-electron chi connectivity index (χ1n) is 12.2. The lowest BCUT2D eigenvalue weighted by Crippen LogP contribution is -2.55. The van der Waals surface area contributed by atoms with Crippen molar-refractivity contribution in [3.8, 4) is 29.0 Å². The van der Waals surface area contributed by atoms with Crippen LogP contribution in [-0.4, -0.2) is 60.8 Å². The third-order valence-electron chi connectivity index (χ3n) is 6.48. The molecule has 204 valence electrons. The Kier molecular flexibility index (Phi) is 8.01. The summed E-state index contributed by atoms with van der Waals surface area (Å²) in [5, 5.41) is 12.6. The number of alkyl halides is 2. The van der Waals surface area contributed by atoms with Crippen LogP contribution in [0.3, 0.4) is 0 Å². The minimum Gasteiger partial charge on any atom is -0.489 e. The van der Waals surface area contributed by atoms with E-state index in [9.17, 15) is 23.6 Å². The summed E-state index contributed by atoms with van der Waals surface area (Å²) in [6.45, 7) is -0.614. The van der Waals surface area contributed by atoms with Gasteiger partial charge in [-0.3, -0.25) is 4.79 Å². The predicted molar refractivity (Wildman–Crippen MR) is 128 cm³/mol. The summed E-state index contributed by atoms with van der Waals surface area (Å²) in [6.07, 6.45) is 1.89. The number of ether oxygens (including phenoxy) is 3. The van der Waals surface area contributed by atoms with Crippen molar-refractivity contribution in [2.45, 2.75) is 50.8 Å². The van der Waals surface area contributed by atoms with Crippen LogP contribution in [0.4, 0.5) is 13.6 Å². The summed E-state index contributed by atoms with van der Waals surface area (Å²) in [5.74, 6) is -0.215. The number of halogens is 2. The van der Waals surface area contributed by atoms with Gasteiger partial charge in [-0.1, -0.05) is 0 Å². The molecule has 13 heteroatoms. The van der Waals surface area contributed by atoms with E-state index in [4.69, 9.17) is 19.6 Å². The van der Waals surface area contributed by atoms with E-state index in [2.05, 4.69) is 21.1 Å². The van der Waals surface area contributed by atoms with Gasteiger partial charge >= 0.3 is 12.7 Å². The lowest BCUT2D eigenvalue weighted by molar-refractivity contribution is -0.0515. The summed E-state index contributed by atoms with van der Waals surface area (Å²) in [7, 11) is 1.27.